The first-order valence-electron chi connectivity index (χ1n) is 14.1. The number of allylic oxidation sites excluding steroid dienone is 4. The molecule has 0 saturated heterocycles. The third-order valence-electron chi connectivity index (χ3n) is 8.48. The number of hydrogen-bond donors (Lipinski definition) is 0. The third kappa shape index (κ3) is 9.52. The quantitative estimate of drug-likeness (QED) is 0.178. The van der Waals surface area contributed by atoms with Crippen molar-refractivity contribution < 1.29 is 0 Å². The van der Waals surface area contributed by atoms with Gasteiger partial charge in [0, 0.05) is 6.08 Å². The highest BCUT2D eigenvalue weighted by Crippen LogP contribution is 2.40. The molecule has 1 heteroatoms. The topological polar surface area (TPSA) is 23.8 Å². The van der Waals surface area contributed by atoms with Gasteiger partial charge in [0.05, 0.1) is 6.07 Å². The number of unbranched alkanes of at least 4 members (excludes halogenated alkanes) is 2. The zero-order chi connectivity index (χ0) is 23.1. The van der Waals surface area contributed by atoms with Crippen LogP contribution in [0, 0.1) is 29.1 Å². The number of rotatable bonds is 12. The molecule has 0 aromatic heterocycles. The van der Waals surface area contributed by atoms with Crippen molar-refractivity contribution in [2.75, 3.05) is 0 Å². The first-order chi connectivity index (χ1) is 16.3. The lowest BCUT2D eigenvalue weighted by Gasteiger charge is -2.32. The fourth-order valence-electron chi connectivity index (χ4n) is 6.21. The summed E-state index contributed by atoms with van der Waals surface area (Å²) in [6, 6.07) is 11.7. The molecular formula is C32H47N. The van der Waals surface area contributed by atoms with Crippen molar-refractivity contribution in [3.8, 4) is 6.07 Å². The van der Waals surface area contributed by atoms with Gasteiger partial charge in [-0.15, -0.1) is 0 Å². The fraction of sp³-hybridized carbons (Fsp3) is 0.656. The predicted molar refractivity (Wildman–Crippen MR) is 142 cm³/mol. The summed E-state index contributed by atoms with van der Waals surface area (Å²) in [6.07, 6.45) is 29.8. The molecule has 180 valence electrons. The Labute approximate surface area is 204 Å². The van der Waals surface area contributed by atoms with Gasteiger partial charge in [0.25, 0.3) is 0 Å². The predicted octanol–water partition coefficient (Wildman–Crippen LogP) is 9.70. The van der Waals surface area contributed by atoms with Crippen LogP contribution in [0.15, 0.2) is 48.6 Å². The minimum atomic E-state index is 0.811. The molecule has 0 spiro atoms. The summed E-state index contributed by atoms with van der Waals surface area (Å²) in [5.41, 5.74) is 3.13. The van der Waals surface area contributed by atoms with Crippen LogP contribution in [-0.2, 0) is 6.42 Å². The van der Waals surface area contributed by atoms with Crippen molar-refractivity contribution in [3.05, 3.63) is 59.7 Å². The SMILES string of the molecule is CCCCCc1ccc([C@H]2CC[C@H](CC[C@H]3CC[C@H](CC/C=C/C=C/C#N)CC3)CC2)cc1. The molecule has 2 aliphatic rings. The number of hydrogen-bond acceptors (Lipinski definition) is 1. The highest BCUT2D eigenvalue weighted by molar-refractivity contribution is 5.26. The standard InChI is InChI=1S/C32H47N/c1-2-3-7-10-28-18-22-31(23-19-28)32-24-20-30(21-25-32)17-16-29-14-12-27(13-15-29)11-8-5-4-6-9-26-33/h4-6,9,18-19,22-23,27,29-30,32H,2-3,7-8,10-17,20-21,24-25H2,1H3/b5-4+,9-6+/t27-,29-,30-,32-. The monoisotopic (exact) mass is 445 g/mol. The van der Waals surface area contributed by atoms with E-state index >= 15 is 0 Å². The van der Waals surface area contributed by atoms with E-state index < -0.39 is 0 Å². The molecule has 2 fully saturated rings. The Morgan fingerprint density at radius 3 is 2.00 bits per heavy atom. The molecule has 3 rings (SSSR count). The normalized spacial score (nSPS) is 26.1. The van der Waals surface area contributed by atoms with E-state index in [4.69, 9.17) is 5.26 Å². The van der Waals surface area contributed by atoms with Gasteiger partial charge in [0.1, 0.15) is 0 Å². The fourth-order valence-corrected chi connectivity index (χ4v) is 6.21. The van der Waals surface area contributed by atoms with Crippen LogP contribution < -0.4 is 0 Å². The van der Waals surface area contributed by atoms with Crippen LogP contribution in [0.4, 0.5) is 0 Å². The van der Waals surface area contributed by atoms with Gasteiger partial charge in [-0.05, 0) is 86.2 Å². The third-order valence-corrected chi connectivity index (χ3v) is 8.48. The van der Waals surface area contributed by atoms with Crippen LogP contribution in [0.3, 0.4) is 0 Å². The Kier molecular flexibility index (Phi) is 11.9. The summed E-state index contributed by atoms with van der Waals surface area (Å²) in [5, 5.41) is 8.50. The van der Waals surface area contributed by atoms with Crippen molar-refractivity contribution in [3.63, 3.8) is 0 Å². The van der Waals surface area contributed by atoms with Gasteiger partial charge in [-0.1, -0.05) is 101 Å². The van der Waals surface area contributed by atoms with Gasteiger partial charge in [-0.25, -0.2) is 0 Å². The minimum Gasteiger partial charge on any atom is -0.193 e. The molecule has 33 heavy (non-hydrogen) atoms. The summed E-state index contributed by atoms with van der Waals surface area (Å²) in [5.74, 6) is 3.72. The Morgan fingerprint density at radius 2 is 1.39 bits per heavy atom. The van der Waals surface area contributed by atoms with Crippen LogP contribution in [0.25, 0.3) is 0 Å². The smallest absolute Gasteiger partial charge is 0.0912 e. The number of nitriles is 1. The maximum absolute atomic E-state index is 8.50. The molecule has 2 aliphatic carbocycles. The summed E-state index contributed by atoms with van der Waals surface area (Å²) >= 11 is 0. The Morgan fingerprint density at radius 1 is 0.788 bits per heavy atom. The molecule has 0 unspecified atom stereocenters. The largest absolute Gasteiger partial charge is 0.193 e. The molecule has 0 heterocycles. The van der Waals surface area contributed by atoms with E-state index in [0.717, 1.165) is 30.1 Å². The Bertz CT molecular complexity index is 734. The molecule has 0 bridgehead atoms. The van der Waals surface area contributed by atoms with E-state index in [1.807, 2.05) is 18.2 Å². The van der Waals surface area contributed by atoms with Crippen LogP contribution >= 0.6 is 0 Å². The summed E-state index contributed by atoms with van der Waals surface area (Å²) in [6.45, 7) is 2.28. The molecule has 0 N–H and O–H groups in total. The molecule has 1 nitrogen and oxygen atoms in total. The van der Waals surface area contributed by atoms with E-state index in [1.54, 1.807) is 11.6 Å². The average molecular weight is 446 g/mol. The lowest BCUT2D eigenvalue weighted by Crippen LogP contribution is -2.17. The second-order valence-corrected chi connectivity index (χ2v) is 10.9. The van der Waals surface area contributed by atoms with Gasteiger partial charge in [0.2, 0.25) is 0 Å². The van der Waals surface area contributed by atoms with E-state index in [-0.39, 0.29) is 0 Å². The summed E-state index contributed by atoms with van der Waals surface area (Å²) in [4.78, 5) is 0. The molecule has 1 aromatic carbocycles. The zero-order valence-electron chi connectivity index (χ0n) is 21.2. The van der Waals surface area contributed by atoms with Crippen molar-refractivity contribution in [2.24, 2.45) is 17.8 Å². The highest BCUT2D eigenvalue weighted by atomic mass is 14.3. The molecule has 0 radical (unpaired) electrons. The van der Waals surface area contributed by atoms with Crippen molar-refractivity contribution in [1.82, 2.24) is 0 Å². The number of nitrogens with zero attached hydrogens (tertiary/aromatic N) is 1. The van der Waals surface area contributed by atoms with E-state index in [9.17, 15) is 0 Å². The first-order valence-corrected chi connectivity index (χ1v) is 14.1. The number of aryl methyl sites for hydroxylation is 1. The average Bonchev–Trinajstić information content (AvgIpc) is 2.86. The van der Waals surface area contributed by atoms with Gasteiger partial charge in [-0.2, -0.15) is 5.26 Å². The van der Waals surface area contributed by atoms with Gasteiger partial charge in [0.15, 0.2) is 0 Å². The van der Waals surface area contributed by atoms with Gasteiger partial charge < -0.3 is 0 Å². The minimum absolute atomic E-state index is 0.811. The van der Waals surface area contributed by atoms with Crippen LogP contribution in [0.1, 0.15) is 120 Å². The molecule has 0 atom stereocenters. The van der Waals surface area contributed by atoms with E-state index in [0.29, 0.717) is 0 Å². The molecular weight excluding hydrogens is 398 g/mol. The van der Waals surface area contributed by atoms with Crippen LogP contribution in [0.2, 0.25) is 0 Å². The zero-order valence-corrected chi connectivity index (χ0v) is 21.2. The Balaban J connectivity index is 1.27. The maximum atomic E-state index is 8.50. The van der Waals surface area contributed by atoms with Crippen molar-refractivity contribution in [2.45, 2.75) is 116 Å². The van der Waals surface area contributed by atoms with E-state index in [2.05, 4.69) is 37.3 Å². The summed E-state index contributed by atoms with van der Waals surface area (Å²) in [7, 11) is 0. The second-order valence-electron chi connectivity index (χ2n) is 10.9. The molecule has 0 aliphatic heterocycles. The van der Waals surface area contributed by atoms with Gasteiger partial charge in [-0.3, -0.25) is 0 Å². The highest BCUT2D eigenvalue weighted by Gasteiger charge is 2.25. The van der Waals surface area contributed by atoms with Crippen LogP contribution in [0.5, 0.6) is 0 Å². The maximum Gasteiger partial charge on any atom is 0.0912 e. The van der Waals surface area contributed by atoms with Crippen molar-refractivity contribution >= 4 is 0 Å². The van der Waals surface area contributed by atoms with Crippen LogP contribution in [-0.4, -0.2) is 0 Å². The molecule has 1 aromatic rings. The van der Waals surface area contributed by atoms with Crippen molar-refractivity contribution in [1.29, 1.82) is 5.26 Å². The second kappa shape index (κ2) is 15.2. The van der Waals surface area contributed by atoms with E-state index in [1.165, 1.54) is 102 Å². The Hall–Kier alpha value is -1.81. The number of benzene rings is 1. The first kappa shape index (κ1) is 25.8. The lowest BCUT2D eigenvalue weighted by atomic mass is 9.74. The summed E-state index contributed by atoms with van der Waals surface area (Å²) < 4.78 is 0. The molecule has 2 saturated carbocycles. The molecule has 0 amide bonds. The lowest BCUT2D eigenvalue weighted by molar-refractivity contribution is 0.225. The van der Waals surface area contributed by atoms with Gasteiger partial charge >= 0.3 is 0 Å².